The molecule has 0 N–H and O–H groups in total. The molecule has 1 aliphatic heterocycles. The molecule has 0 spiro atoms. The Morgan fingerprint density at radius 3 is 2.70 bits per heavy atom. The van der Waals surface area contributed by atoms with Gasteiger partial charge in [0.25, 0.3) is 0 Å². The highest BCUT2D eigenvalue weighted by Gasteiger charge is 2.34. The van der Waals surface area contributed by atoms with Gasteiger partial charge in [0, 0.05) is 31.6 Å². The maximum Gasteiger partial charge on any atom is 0.243 e. The summed E-state index contributed by atoms with van der Waals surface area (Å²) in [6.45, 7) is 7.41. The van der Waals surface area contributed by atoms with Crippen molar-refractivity contribution in [2.24, 2.45) is 11.3 Å². The van der Waals surface area contributed by atoms with Gasteiger partial charge < -0.3 is 4.90 Å². The van der Waals surface area contributed by atoms with Gasteiger partial charge in [0.15, 0.2) is 6.19 Å². The van der Waals surface area contributed by atoms with Gasteiger partial charge in [-0.3, -0.25) is 0 Å². The fourth-order valence-corrected chi connectivity index (χ4v) is 4.16. The van der Waals surface area contributed by atoms with E-state index in [1.807, 2.05) is 18.2 Å². The first-order chi connectivity index (χ1) is 10.7. The maximum absolute atomic E-state index is 12.9. The Balaban J connectivity index is 2.22. The summed E-state index contributed by atoms with van der Waals surface area (Å²) in [5.74, 6) is 0.377. The van der Waals surface area contributed by atoms with Crippen LogP contribution in [0.3, 0.4) is 0 Å². The molecule has 126 valence electrons. The Bertz CT molecular complexity index is 685. The van der Waals surface area contributed by atoms with Crippen LogP contribution in [-0.4, -0.2) is 43.8 Å². The van der Waals surface area contributed by atoms with Crippen molar-refractivity contribution >= 4 is 10.0 Å². The summed E-state index contributed by atoms with van der Waals surface area (Å²) in [6, 6.07) is -0.155. The summed E-state index contributed by atoms with van der Waals surface area (Å²) in [6.07, 6.45) is 12.0. The van der Waals surface area contributed by atoms with E-state index in [0.29, 0.717) is 30.3 Å². The summed E-state index contributed by atoms with van der Waals surface area (Å²) in [5.41, 5.74) is -0.155. The molecule has 2 aliphatic rings. The van der Waals surface area contributed by atoms with Crippen LogP contribution in [-0.2, 0) is 10.0 Å². The molecular weight excluding hydrogens is 310 g/mol. The van der Waals surface area contributed by atoms with Gasteiger partial charge in [-0.05, 0) is 24.5 Å². The summed E-state index contributed by atoms with van der Waals surface area (Å²) in [5, 5.41) is 8.94. The van der Waals surface area contributed by atoms with E-state index in [2.05, 4.69) is 27.0 Å². The Morgan fingerprint density at radius 2 is 2.13 bits per heavy atom. The topological polar surface area (TPSA) is 64.4 Å². The summed E-state index contributed by atoms with van der Waals surface area (Å²) in [7, 11) is -1.95. The van der Waals surface area contributed by atoms with Crippen LogP contribution in [0.15, 0.2) is 35.3 Å². The molecule has 2 unspecified atom stereocenters. The standard InChI is InChI=1S/C17H25N3O2S/c1-14(2)17(3)9-5-6-16(7-10-17)23(21,22)19(4)15-8-11-20(12-15)13-18/h5-7,9-10,14-15H,8,11-12H2,1-4H3. The van der Waals surface area contributed by atoms with Crippen LogP contribution in [0.4, 0.5) is 0 Å². The third-order valence-corrected chi connectivity index (χ3v) is 6.99. The number of allylic oxidation sites excluding steroid dienone is 5. The summed E-state index contributed by atoms with van der Waals surface area (Å²) < 4.78 is 27.2. The van der Waals surface area contributed by atoms with E-state index in [0.717, 1.165) is 0 Å². The van der Waals surface area contributed by atoms with E-state index in [4.69, 9.17) is 5.26 Å². The van der Waals surface area contributed by atoms with Crippen molar-refractivity contribution in [2.75, 3.05) is 20.1 Å². The highest BCUT2D eigenvalue weighted by molar-refractivity contribution is 7.93. The van der Waals surface area contributed by atoms with E-state index >= 15 is 0 Å². The lowest BCUT2D eigenvalue weighted by molar-refractivity contribution is 0.368. The average Bonchev–Trinajstić information content (AvgIpc) is 2.88. The normalized spacial score (nSPS) is 28.1. The molecule has 2 atom stereocenters. The van der Waals surface area contributed by atoms with Gasteiger partial charge in [0.1, 0.15) is 0 Å². The minimum Gasteiger partial charge on any atom is -0.309 e. The summed E-state index contributed by atoms with van der Waals surface area (Å²) in [4.78, 5) is 1.90. The lowest BCUT2D eigenvalue weighted by Crippen LogP contribution is -2.38. The lowest BCUT2D eigenvalue weighted by atomic mass is 9.79. The van der Waals surface area contributed by atoms with Crippen LogP contribution in [0, 0.1) is 22.8 Å². The van der Waals surface area contributed by atoms with Crippen molar-refractivity contribution in [3.63, 3.8) is 0 Å². The van der Waals surface area contributed by atoms with Crippen LogP contribution in [0.5, 0.6) is 0 Å². The molecule has 0 bridgehead atoms. The second-order valence-corrected chi connectivity index (χ2v) is 8.79. The van der Waals surface area contributed by atoms with Crippen LogP contribution >= 0.6 is 0 Å². The van der Waals surface area contributed by atoms with Crippen molar-refractivity contribution in [1.29, 1.82) is 5.26 Å². The quantitative estimate of drug-likeness (QED) is 0.740. The number of nitriles is 1. The molecule has 5 nitrogen and oxygen atoms in total. The molecule has 1 aliphatic carbocycles. The van der Waals surface area contributed by atoms with Gasteiger partial charge in [0.2, 0.25) is 10.0 Å². The van der Waals surface area contributed by atoms with Crippen molar-refractivity contribution in [3.8, 4) is 6.19 Å². The third kappa shape index (κ3) is 3.51. The minimum absolute atomic E-state index is 0.155. The Hall–Kier alpha value is -1.58. The average molecular weight is 335 g/mol. The molecule has 0 radical (unpaired) electrons. The van der Waals surface area contributed by atoms with Gasteiger partial charge in [0.05, 0.1) is 4.91 Å². The smallest absolute Gasteiger partial charge is 0.243 e. The number of rotatable bonds is 4. The fraction of sp³-hybridized carbons (Fsp3) is 0.588. The molecule has 1 heterocycles. The molecule has 0 aromatic heterocycles. The first kappa shape index (κ1) is 17.8. The number of likely N-dealkylation sites (N-methyl/N-ethyl adjacent to an activating group) is 1. The van der Waals surface area contributed by atoms with E-state index in [-0.39, 0.29) is 11.5 Å². The van der Waals surface area contributed by atoms with E-state index in [1.165, 1.54) is 4.31 Å². The van der Waals surface area contributed by atoms with Gasteiger partial charge in [-0.2, -0.15) is 9.57 Å². The van der Waals surface area contributed by atoms with Gasteiger partial charge in [-0.15, -0.1) is 0 Å². The first-order valence-corrected chi connectivity index (χ1v) is 9.36. The van der Waals surface area contributed by atoms with E-state index in [1.54, 1.807) is 24.1 Å². The molecule has 2 rings (SSSR count). The predicted molar refractivity (Wildman–Crippen MR) is 91.6 cm³/mol. The first-order valence-electron chi connectivity index (χ1n) is 7.92. The van der Waals surface area contributed by atoms with Crippen molar-refractivity contribution in [3.05, 3.63) is 35.3 Å². The number of hydrogen-bond donors (Lipinski definition) is 0. The van der Waals surface area contributed by atoms with E-state index < -0.39 is 10.0 Å². The molecule has 1 saturated heterocycles. The molecule has 6 heteroatoms. The number of likely N-dealkylation sites (tertiary alicyclic amines) is 1. The molecule has 0 amide bonds. The van der Waals surface area contributed by atoms with Crippen LogP contribution < -0.4 is 0 Å². The zero-order chi connectivity index (χ0) is 17.3. The monoisotopic (exact) mass is 335 g/mol. The fourth-order valence-electron chi connectivity index (χ4n) is 2.77. The molecule has 0 aromatic carbocycles. The molecular formula is C17H25N3O2S. The number of hydrogen-bond acceptors (Lipinski definition) is 4. The van der Waals surface area contributed by atoms with Gasteiger partial charge in [-0.1, -0.05) is 39.0 Å². The zero-order valence-corrected chi connectivity index (χ0v) is 15.0. The largest absolute Gasteiger partial charge is 0.309 e. The van der Waals surface area contributed by atoms with Crippen molar-refractivity contribution in [1.82, 2.24) is 9.21 Å². The number of nitrogens with zero attached hydrogens (tertiary/aromatic N) is 3. The van der Waals surface area contributed by atoms with Gasteiger partial charge >= 0.3 is 0 Å². The Labute approximate surface area is 139 Å². The minimum atomic E-state index is -3.56. The molecule has 23 heavy (non-hydrogen) atoms. The molecule has 0 saturated carbocycles. The van der Waals surface area contributed by atoms with Gasteiger partial charge in [-0.25, -0.2) is 8.42 Å². The zero-order valence-electron chi connectivity index (χ0n) is 14.2. The van der Waals surface area contributed by atoms with Crippen LogP contribution in [0.2, 0.25) is 0 Å². The Kier molecular flexibility index (Phi) is 5.02. The molecule has 0 aromatic rings. The predicted octanol–water partition coefficient (Wildman–Crippen LogP) is 2.48. The second-order valence-electron chi connectivity index (χ2n) is 6.79. The highest BCUT2D eigenvalue weighted by Crippen LogP contribution is 2.33. The van der Waals surface area contributed by atoms with Crippen molar-refractivity contribution < 1.29 is 8.42 Å². The Morgan fingerprint density at radius 1 is 1.43 bits per heavy atom. The number of sulfonamides is 1. The summed E-state index contributed by atoms with van der Waals surface area (Å²) >= 11 is 0. The second kappa shape index (κ2) is 6.50. The third-order valence-electron chi connectivity index (χ3n) is 5.06. The highest BCUT2D eigenvalue weighted by atomic mass is 32.2. The van der Waals surface area contributed by atoms with E-state index in [9.17, 15) is 8.42 Å². The van der Waals surface area contributed by atoms with Crippen LogP contribution in [0.25, 0.3) is 0 Å². The molecule has 1 fully saturated rings. The van der Waals surface area contributed by atoms with Crippen molar-refractivity contribution in [2.45, 2.75) is 33.2 Å². The van der Waals surface area contributed by atoms with Crippen LogP contribution in [0.1, 0.15) is 27.2 Å². The SMILES string of the molecule is CC(C)C1(C)C=CC=C(S(=O)(=O)N(C)C2CCN(C#N)C2)C=C1. The lowest BCUT2D eigenvalue weighted by Gasteiger charge is -2.26. The maximum atomic E-state index is 12.9.